The van der Waals surface area contributed by atoms with Gasteiger partial charge in [0.15, 0.2) is 6.61 Å². The lowest BCUT2D eigenvalue weighted by Gasteiger charge is -2.30. The number of carbonyl (C=O) groups is 3. The summed E-state index contributed by atoms with van der Waals surface area (Å²) < 4.78 is 10.9. The molecule has 0 unspecified atom stereocenters. The molecule has 1 atom stereocenters. The Balaban J connectivity index is 1.43. The molecule has 7 nitrogen and oxygen atoms in total. The number of thioether (sulfide) groups is 1. The minimum Gasteiger partial charge on any atom is -0.468 e. The van der Waals surface area contributed by atoms with Crippen LogP contribution < -0.4 is 0 Å². The molecule has 1 aromatic heterocycles. The van der Waals surface area contributed by atoms with Gasteiger partial charge in [-0.15, -0.1) is 23.1 Å². The van der Waals surface area contributed by atoms with E-state index in [1.165, 1.54) is 18.9 Å². The second-order valence-corrected chi connectivity index (χ2v) is 8.38. The minimum absolute atomic E-state index is 0.174. The van der Waals surface area contributed by atoms with Crippen molar-refractivity contribution < 1.29 is 23.9 Å². The van der Waals surface area contributed by atoms with E-state index >= 15 is 0 Å². The number of methoxy groups -OCH3 is 1. The molecule has 144 valence electrons. The first-order chi connectivity index (χ1) is 13.1. The number of para-hydroxylation sites is 1. The summed E-state index contributed by atoms with van der Waals surface area (Å²) in [6.07, 6.45) is 0.658. The lowest BCUT2D eigenvalue weighted by molar-refractivity contribution is -0.152. The number of hydrogen-bond acceptors (Lipinski definition) is 8. The number of esters is 2. The Morgan fingerprint density at radius 3 is 2.89 bits per heavy atom. The Kier molecular flexibility index (Phi) is 6.68. The molecule has 0 N–H and O–H groups in total. The number of benzene rings is 1. The van der Waals surface area contributed by atoms with Crippen molar-refractivity contribution in [3.8, 4) is 0 Å². The van der Waals surface area contributed by atoms with Gasteiger partial charge in [0.25, 0.3) is 5.91 Å². The quantitative estimate of drug-likeness (QED) is 0.675. The van der Waals surface area contributed by atoms with Gasteiger partial charge in [0, 0.05) is 25.3 Å². The maximum absolute atomic E-state index is 12.2. The first-order valence-electron chi connectivity index (χ1n) is 8.54. The van der Waals surface area contributed by atoms with Gasteiger partial charge in [-0.3, -0.25) is 14.4 Å². The minimum atomic E-state index is -0.432. The van der Waals surface area contributed by atoms with Gasteiger partial charge in [-0.2, -0.15) is 0 Å². The van der Waals surface area contributed by atoms with Crippen molar-refractivity contribution in [2.45, 2.75) is 18.1 Å². The largest absolute Gasteiger partial charge is 0.468 e. The van der Waals surface area contributed by atoms with Crippen LogP contribution in [0.1, 0.15) is 11.4 Å². The van der Waals surface area contributed by atoms with Gasteiger partial charge in [0.05, 0.1) is 28.8 Å². The molecule has 0 aliphatic carbocycles. The SMILES string of the molecule is COC(=O)[C@H]1CN(C(=O)COC(=O)CCc2nc3ccccc3s2)CCS1. The van der Waals surface area contributed by atoms with Gasteiger partial charge >= 0.3 is 11.9 Å². The number of thiazole rings is 1. The fraction of sp³-hybridized carbons (Fsp3) is 0.444. The number of carbonyl (C=O) groups excluding carboxylic acids is 3. The van der Waals surface area contributed by atoms with Crippen molar-refractivity contribution in [2.24, 2.45) is 0 Å². The summed E-state index contributed by atoms with van der Waals surface area (Å²) in [6, 6.07) is 7.81. The molecule has 1 amide bonds. The van der Waals surface area contributed by atoms with E-state index in [-0.39, 0.29) is 36.7 Å². The van der Waals surface area contributed by atoms with E-state index in [0.29, 0.717) is 18.7 Å². The van der Waals surface area contributed by atoms with Gasteiger partial charge in [-0.1, -0.05) is 12.1 Å². The molecule has 1 saturated heterocycles. The average molecular weight is 409 g/mol. The Labute approximate surface area is 165 Å². The molecule has 0 radical (unpaired) electrons. The van der Waals surface area contributed by atoms with Gasteiger partial charge in [0.2, 0.25) is 0 Å². The summed E-state index contributed by atoms with van der Waals surface area (Å²) in [5, 5.41) is 0.482. The third-order valence-electron chi connectivity index (χ3n) is 4.12. The van der Waals surface area contributed by atoms with Gasteiger partial charge in [-0.05, 0) is 12.1 Å². The van der Waals surface area contributed by atoms with E-state index in [1.807, 2.05) is 24.3 Å². The molecular formula is C18H20N2O5S2. The Morgan fingerprint density at radius 2 is 2.11 bits per heavy atom. The molecule has 2 aromatic rings. The fourth-order valence-electron chi connectivity index (χ4n) is 2.69. The summed E-state index contributed by atoms with van der Waals surface area (Å²) in [5.74, 6) is -0.418. The highest BCUT2D eigenvalue weighted by Crippen LogP contribution is 2.22. The second kappa shape index (κ2) is 9.18. The van der Waals surface area contributed by atoms with E-state index in [1.54, 1.807) is 16.2 Å². The van der Waals surface area contributed by atoms with Crippen LogP contribution in [0.4, 0.5) is 0 Å². The number of rotatable bonds is 6. The number of nitrogens with zero attached hydrogens (tertiary/aromatic N) is 2. The highest BCUT2D eigenvalue weighted by Gasteiger charge is 2.29. The number of amides is 1. The zero-order valence-electron chi connectivity index (χ0n) is 14.9. The molecule has 1 aliphatic heterocycles. The standard InChI is InChI=1S/C18H20N2O5S2/c1-24-18(23)14-10-20(8-9-26-14)16(21)11-25-17(22)7-6-15-19-12-4-2-3-5-13(12)27-15/h2-5,14H,6-11H2,1H3/t14-/m1/s1. The molecule has 27 heavy (non-hydrogen) atoms. The van der Waals surface area contributed by atoms with Crippen LogP contribution in [0, 0.1) is 0 Å². The molecular weight excluding hydrogens is 388 g/mol. The van der Waals surface area contributed by atoms with Crippen molar-refractivity contribution in [1.29, 1.82) is 0 Å². The summed E-state index contributed by atoms with van der Waals surface area (Å²) in [7, 11) is 1.33. The summed E-state index contributed by atoms with van der Waals surface area (Å²) in [6.45, 7) is 0.497. The van der Waals surface area contributed by atoms with Gasteiger partial charge < -0.3 is 14.4 Å². The van der Waals surface area contributed by atoms with Gasteiger partial charge in [0.1, 0.15) is 5.25 Å². The zero-order chi connectivity index (χ0) is 19.2. The van der Waals surface area contributed by atoms with Crippen LogP contribution in [0.25, 0.3) is 10.2 Å². The van der Waals surface area contributed by atoms with E-state index in [9.17, 15) is 14.4 Å². The van der Waals surface area contributed by atoms with E-state index in [2.05, 4.69) is 4.98 Å². The number of ether oxygens (including phenoxy) is 2. The highest BCUT2D eigenvalue weighted by atomic mass is 32.2. The molecule has 1 aromatic carbocycles. The number of aromatic nitrogens is 1. The summed E-state index contributed by atoms with van der Waals surface area (Å²) >= 11 is 3.02. The van der Waals surface area contributed by atoms with Crippen molar-refractivity contribution in [3.05, 3.63) is 29.3 Å². The van der Waals surface area contributed by atoms with Crippen LogP contribution in [-0.4, -0.2) is 65.5 Å². The first kappa shape index (κ1) is 19.6. The zero-order valence-corrected chi connectivity index (χ0v) is 16.5. The van der Waals surface area contributed by atoms with Crippen LogP contribution in [0.3, 0.4) is 0 Å². The maximum atomic E-state index is 12.2. The second-order valence-electron chi connectivity index (χ2n) is 5.96. The number of hydrogen-bond donors (Lipinski definition) is 0. The maximum Gasteiger partial charge on any atom is 0.320 e. The van der Waals surface area contributed by atoms with Crippen molar-refractivity contribution >= 4 is 51.2 Å². The summed E-state index contributed by atoms with van der Waals surface area (Å²) in [5.41, 5.74) is 0.921. The molecule has 3 rings (SSSR count). The van der Waals surface area contributed by atoms with Crippen molar-refractivity contribution in [3.63, 3.8) is 0 Å². The average Bonchev–Trinajstić information content (AvgIpc) is 3.13. The van der Waals surface area contributed by atoms with Crippen molar-refractivity contribution in [1.82, 2.24) is 9.88 Å². The van der Waals surface area contributed by atoms with Crippen LogP contribution >= 0.6 is 23.1 Å². The topological polar surface area (TPSA) is 85.8 Å². The van der Waals surface area contributed by atoms with E-state index in [4.69, 9.17) is 9.47 Å². The Morgan fingerprint density at radius 1 is 1.30 bits per heavy atom. The third kappa shape index (κ3) is 5.20. The molecule has 9 heteroatoms. The molecule has 0 saturated carbocycles. The predicted molar refractivity (Wildman–Crippen MR) is 104 cm³/mol. The molecule has 1 fully saturated rings. The van der Waals surface area contributed by atoms with Crippen molar-refractivity contribution in [2.75, 3.05) is 32.6 Å². The first-order valence-corrected chi connectivity index (χ1v) is 10.4. The monoisotopic (exact) mass is 408 g/mol. The molecule has 2 heterocycles. The Hall–Kier alpha value is -2.13. The number of fused-ring (bicyclic) bond motifs is 1. The summed E-state index contributed by atoms with van der Waals surface area (Å²) in [4.78, 5) is 41.8. The van der Waals surface area contributed by atoms with Gasteiger partial charge in [-0.25, -0.2) is 4.98 Å². The van der Waals surface area contributed by atoms with Crippen LogP contribution in [0.5, 0.6) is 0 Å². The molecule has 1 aliphatic rings. The number of aryl methyl sites for hydroxylation is 1. The fourth-order valence-corrected chi connectivity index (χ4v) is 4.79. The van der Waals surface area contributed by atoms with E-state index < -0.39 is 5.97 Å². The third-order valence-corrected chi connectivity index (χ3v) is 6.38. The smallest absolute Gasteiger partial charge is 0.320 e. The highest BCUT2D eigenvalue weighted by molar-refractivity contribution is 8.00. The van der Waals surface area contributed by atoms with Crippen LogP contribution in [0.15, 0.2) is 24.3 Å². The normalized spacial score (nSPS) is 16.9. The molecule has 0 spiro atoms. The lowest BCUT2D eigenvalue weighted by Crippen LogP contribution is -2.46. The van der Waals surface area contributed by atoms with Crippen LogP contribution in [0.2, 0.25) is 0 Å². The van der Waals surface area contributed by atoms with E-state index in [0.717, 1.165) is 15.2 Å². The van der Waals surface area contributed by atoms with Crippen LogP contribution in [-0.2, 0) is 30.3 Å². The lowest BCUT2D eigenvalue weighted by atomic mass is 10.3. The predicted octanol–water partition coefficient (Wildman–Crippen LogP) is 1.89. The molecule has 0 bridgehead atoms. The Bertz CT molecular complexity index is 805.